The molecule has 0 fully saturated rings. The molecule has 0 radical (unpaired) electrons. The second kappa shape index (κ2) is 9.09. The third-order valence-electron chi connectivity index (χ3n) is 5.04. The molecule has 0 aliphatic heterocycles. The molecule has 0 spiro atoms. The van der Waals surface area contributed by atoms with Crippen molar-refractivity contribution in [3.05, 3.63) is 100 Å². The van der Waals surface area contributed by atoms with Crippen molar-refractivity contribution in [1.29, 1.82) is 0 Å². The molecule has 33 heavy (non-hydrogen) atoms. The van der Waals surface area contributed by atoms with Gasteiger partial charge in [-0.25, -0.2) is 4.98 Å². The van der Waals surface area contributed by atoms with Crippen molar-refractivity contribution < 1.29 is 4.74 Å². The van der Waals surface area contributed by atoms with Gasteiger partial charge in [0.05, 0.1) is 18.4 Å². The van der Waals surface area contributed by atoms with Gasteiger partial charge < -0.3 is 4.74 Å². The Labute approximate surface area is 198 Å². The number of fused-ring (bicyclic) bond motifs is 1. The lowest BCUT2D eigenvalue weighted by molar-refractivity contribution is 0.416. The fourth-order valence-electron chi connectivity index (χ4n) is 3.51. The van der Waals surface area contributed by atoms with Gasteiger partial charge in [0.25, 0.3) is 5.56 Å². The summed E-state index contributed by atoms with van der Waals surface area (Å²) >= 11 is 7.57. The summed E-state index contributed by atoms with van der Waals surface area (Å²) in [5, 5.41) is 10.2. The van der Waals surface area contributed by atoms with Gasteiger partial charge in [-0.15, -0.1) is 10.2 Å². The van der Waals surface area contributed by atoms with Crippen LogP contribution in [-0.4, -0.2) is 31.3 Å². The van der Waals surface area contributed by atoms with Gasteiger partial charge in [0.15, 0.2) is 11.0 Å². The second-order valence-electron chi connectivity index (χ2n) is 7.12. The molecule has 0 unspecified atom stereocenters. The van der Waals surface area contributed by atoms with Crippen molar-refractivity contribution in [3.63, 3.8) is 0 Å². The van der Waals surface area contributed by atoms with Crippen LogP contribution in [0.2, 0.25) is 5.02 Å². The Morgan fingerprint density at radius 1 is 1.00 bits per heavy atom. The number of hydrogen-bond donors (Lipinski definition) is 0. The largest absolute Gasteiger partial charge is 0.496 e. The van der Waals surface area contributed by atoms with Gasteiger partial charge >= 0.3 is 0 Å². The number of para-hydroxylation sites is 1. The molecule has 2 aromatic carbocycles. The first-order valence-electron chi connectivity index (χ1n) is 10.1. The molecule has 0 aliphatic carbocycles. The van der Waals surface area contributed by atoms with E-state index in [2.05, 4.69) is 15.2 Å². The molecular weight excluding hydrogens is 458 g/mol. The molecule has 164 valence electrons. The van der Waals surface area contributed by atoms with Gasteiger partial charge in [-0.2, -0.15) is 0 Å². The van der Waals surface area contributed by atoms with Crippen LogP contribution < -0.4 is 10.3 Å². The minimum absolute atomic E-state index is 0.120. The summed E-state index contributed by atoms with van der Waals surface area (Å²) in [5.74, 6) is 1.79. The van der Waals surface area contributed by atoms with E-state index >= 15 is 0 Å². The van der Waals surface area contributed by atoms with E-state index in [1.165, 1.54) is 16.2 Å². The van der Waals surface area contributed by atoms with Crippen LogP contribution in [0, 0.1) is 0 Å². The summed E-state index contributed by atoms with van der Waals surface area (Å²) in [6.45, 7) is 0. The number of ether oxygens (including phenoxy) is 1. The third kappa shape index (κ3) is 4.22. The van der Waals surface area contributed by atoms with Crippen LogP contribution in [-0.2, 0) is 5.75 Å². The molecule has 0 saturated carbocycles. The Bertz CT molecular complexity index is 1500. The fourth-order valence-corrected chi connectivity index (χ4v) is 4.48. The summed E-state index contributed by atoms with van der Waals surface area (Å²) in [4.78, 5) is 17.0. The highest BCUT2D eigenvalue weighted by Crippen LogP contribution is 2.34. The van der Waals surface area contributed by atoms with Gasteiger partial charge in [0, 0.05) is 28.7 Å². The van der Waals surface area contributed by atoms with Crippen LogP contribution in [0.1, 0.15) is 5.69 Å². The predicted octanol–water partition coefficient (Wildman–Crippen LogP) is 4.90. The Balaban J connectivity index is 1.56. The number of thioether (sulfide) groups is 1. The molecule has 0 saturated heterocycles. The molecule has 0 bridgehead atoms. The standard InChI is InChI=1S/C24H18ClN5O2S/c1-32-20-7-3-2-6-19(20)23-27-28-24(30(23)18-11-9-16(25)10-12-18)33-15-17-14-22(31)29-13-5-4-8-21(29)26-17/h2-14H,15H2,1H3. The number of rotatable bonds is 6. The number of hydrogen-bond acceptors (Lipinski definition) is 6. The summed E-state index contributed by atoms with van der Waals surface area (Å²) in [6, 6.07) is 22.1. The Hall–Kier alpha value is -3.62. The number of methoxy groups -OCH3 is 1. The molecule has 7 nitrogen and oxygen atoms in total. The molecule has 9 heteroatoms. The maximum atomic E-state index is 12.4. The highest BCUT2D eigenvalue weighted by Gasteiger charge is 2.19. The van der Waals surface area contributed by atoms with Crippen molar-refractivity contribution in [2.75, 3.05) is 7.11 Å². The molecule has 0 aliphatic rings. The van der Waals surface area contributed by atoms with Crippen molar-refractivity contribution in [2.45, 2.75) is 10.9 Å². The average molecular weight is 476 g/mol. The van der Waals surface area contributed by atoms with E-state index in [1.807, 2.05) is 65.2 Å². The van der Waals surface area contributed by atoms with Crippen LogP contribution in [0.4, 0.5) is 0 Å². The first-order chi connectivity index (χ1) is 16.1. The first-order valence-corrected chi connectivity index (χ1v) is 11.5. The van der Waals surface area contributed by atoms with Crippen LogP contribution in [0.15, 0.2) is 88.9 Å². The predicted molar refractivity (Wildman–Crippen MR) is 129 cm³/mol. The quantitative estimate of drug-likeness (QED) is 0.325. The molecule has 0 N–H and O–H groups in total. The number of nitrogens with zero attached hydrogens (tertiary/aromatic N) is 5. The van der Waals surface area contributed by atoms with Gasteiger partial charge in [-0.3, -0.25) is 13.8 Å². The van der Waals surface area contributed by atoms with E-state index in [-0.39, 0.29) is 5.56 Å². The minimum Gasteiger partial charge on any atom is -0.496 e. The topological polar surface area (TPSA) is 74.3 Å². The fraction of sp³-hybridized carbons (Fsp3) is 0.0833. The summed E-state index contributed by atoms with van der Waals surface area (Å²) < 4.78 is 9.02. The lowest BCUT2D eigenvalue weighted by Gasteiger charge is -2.12. The summed E-state index contributed by atoms with van der Waals surface area (Å²) in [7, 11) is 1.63. The lowest BCUT2D eigenvalue weighted by atomic mass is 10.2. The van der Waals surface area contributed by atoms with E-state index in [4.69, 9.17) is 16.3 Å². The Morgan fingerprint density at radius 3 is 2.61 bits per heavy atom. The molecule has 5 aromatic rings. The summed E-state index contributed by atoms with van der Waals surface area (Å²) in [5.41, 5.74) is 2.83. The molecule has 0 atom stereocenters. The van der Waals surface area contributed by atoms with Crippen LogP contribution in [0.3, 0.4) is 0 Å². The van der Waals surface area contributed by atoms with E-state index in [9.17, 15) is 4.79 Å². The smallest absolute Gasteiger partial charge is 0.258 e. The average Bonchev–Trinajstić information content (AvgIpc) is 3.27. The van der Waals surface area contributed by atoms with Gasteiger partial charge in [0.1, 0.15) is 11.4 Å². The minimum atomic E-state index is -0.120. The van der Waals surface area contributed by atoms with E-state index in [0.717, 1.165) is 11.3 Å². The lowest BCUT2D eigenvalue weighted by Crippen LogP contribution is -2.14. The summed E-state index contributed by atoms with van der Waals surface area (Å²) in [6.07, 6.45) is 1.71. The van der Waals surface area contributed by atoms with Crippen LogP contribution in [0.25, 0.3) is 22.7 Å². The normalized spacial score (nSPS) is 11.1. The first kappa shape index (κ1) is 21.2. The SMILES string of the molecule is COc1ccccc1-c1nnc(SCc2cc(=O)n3ccccc3n2)n1-c1ccc(Cl)cc1. The van der Waals surface area contributed by atoms with Crippen molar-refractivity contribution in [3.8, 4) is 22.8 Å². The highest BCUT2D eigenvalue weighted by molar-refractivity contribution is 7.98. The van der Waals surface area contributed by atoms with Crippen molar-refractivity contribution >= 4 is 29.0 Å². The molecule has 3 heterocycles. The van der Waals surface area contributed by atoms with Crippen LogP contribution in [0.5, 0.6) is 5.75 Å². The maximum absolute atomic E-state index is 12.4. The van der Waals surface area contributed by atoms with Crippen LogP contribution >= 0.6 is 23.4 Å². The number of aromatic nitrogens is 5. The molecule has 5 rings (SSSR count). The van der Waals surface area contributed by atoms with E-state index in [0.29, 0.717) is 38.8 Å². The van der Waals surface area contributed by atoms with E-state index in [1.54, 1.807) is 25.4 Å². The van der Waals surface area contributed by atoms with Crippen molar-refractivity contribution in [2.24, 2.45) is 0 Å². The third-order valence-corrected chi connectivity index (χ3v) is 6.25. The monoisotopic (exact) mass is 475 g/mol. The zero-order chi connectivity index (χ0) is 22.8. The van der Waals surface area contributed by atoms with E-state index < -0.39 is 0 Å². The maximum Gasteiger partial charge on any atom is 0.258 e. The molecular formula is C24H18ClN5O2S. The van der Waals surface area contributed by atoms with Crippen molar-refractivity contribution in [1.82, 2.24) is 24.1 Å². The molecule has 0 amide bonds. The number of pyridine rings is 1. The van der Waals surface area contributed by atoms with Gasteiger partial charge in [-0.05, 0) is 48.5 Å². The zero-order valence-electron chi connectivity index (χ0n) is 17.6. The zero-order valence-corrected chi connectivity index (χ0v) is 19.1. The Kier molecular flexibility index (Phi) is 5.85. The van der Waals surface area contributed by atoms with Gasteiger partial charge in [0.2, 0.25) is 0 Å². The second-order valence-corrected chi connectivity index (χ2v) is 8.50. The Morgan fingerprint density at radius 2 is 1.79 bits per heavy atom. The molecule has 3 aromatic heterocycles. The number of halogens is 1. The van der Waals surface area contributed by atoms with Gasteiger partial charge in [-0.1, -0.05) is 41.6 Å². The number of benzene rings is 2. The highest BCUT2D eigenvalue weighted by atomic mass is 35.5.